The monoisotopic (exact) mass is 800 g/mol. The summed E-state index contributed by atoms with van der Waals surface area (Å²) < 4.78 is 4.26. The summed E-state index contributed by atoms with van der Waals surface area (Å²) in [6, 6.07) is 32.0. The van der Waals surface area contributed by atoms with E-state index >= 15 is 0 Å². The molecule has 4 N–H and O–H groups in total. The highest BCUT2D eigenvalue weighted by molar-refractivity contribution is 6.25. The molecule has 1 unspecified atom stereocenters. The van der Waals surface area contributed by atoms with Crippen LogP contribution in [0.15, 0.2) is 109 Å². The predicted octanol–water partition coefficient (Wildman–Crippen LogP) is 6.45. The number of piperidine rings is 1. The Labute approximate surface area is 345 Å². The van der Waals surface area contributed by atoms with Crippen LogP contribution in [0, 0.1) is 5.41 Å². The minimum absolute atomic E-state index is 0.0394. The van der Waals surface area contributed by atoms with Crippen molar-refractivity contribution in [1.82, 2.24) is 29.7 Å². The summed E-state index contributed by atoms with van der Waals surface area (Å²) in [4.78, 5) is 70.1. The third-order valence-electron chi connectivity index (χ3n) is 11.9. The van der Waals surface area contributed by atoms with Gasteiger partial charge in [-0.05, 0) is 60.2 Å². The van der Waals surface area contributed by atoms with E-state index in [-0.39, 0.29) is 49.0 Å². The maximum Gasteiger partial charge on any atom is 0.264 e. The Morgan fingerprint density at radius 1 is 0.767 bits per heavy atom. The molecular formula is C47H44N8O5. The number of rotatable bonds is 11. The van der Waals surface area contributed by atoms with Crippen LogP contribution in [0.25, 0.3) is 33.4 Å². The molecule has 2 fully saturated rings. The zero-order valence-corrected chi connectivity index (χ0v) is 32.9. The molecule has 1 atom stereocenters. The highest BCUT2D eigenvalue weighted by Crippen LogP contribution is 2.40. The van der Waals surface area contributed by atoms with E-state index in [1.165, 1.54) is 12.5 Å². The standard InChI is InChI=1S/C47H44N8O5/c48-42-40-38(30-11-4-1-5-12-30)41(31-13-6-2-7-14-31)53(43(40)51-28-54(42)33-15-8-3-9-16-33)27-29-19-21-32(22-20-29)44(57)50-26-25-49-35-18-10-17-34-39(35)47(60)55(46(34)59)36-23-24-37(56)52-45(36)58/h1-2,4-7,10-14,17-22,28,33,36,48-49H,3,8-9,15-16,23-27H2,(H,50,57)(H,52,56,58). The number of amides is 5. The van der Waals surface area contributed by atoms with Crippen molar-refractivity contribution in [3.05, 3.63) is 137 Å². The largest absolute Gasteiger partial charge is 0.383 e. The van der Waals surface area contributed by atoms with Crippen LogP contribution in [0.5, 0.6) is 0 Å². The highest BCUT2D eigenvalue weighted by atomic mass is 16.2. The van der Waals surface area contributed by atoms with Crippen molar-refractivity contribution >= 4 is 46.3 Å². The minimum atomic E-state index is -1.06. The molecule has 6 aromatic rings. The van der Waals surface area contributed by atoms with Crippen LogP contribution in [0.4, 0.5) is 5.69 Å². The molecule has 4 heterocycles. The highest BCUT2D eigenvalue weighted by Gasteiger charge is 2.45. The quantitative estimate of drug-likeness (QED) is 0.0862. The molecule has 0 radical (unpaired) electrons. The van der Waals surface area contributed by atoms with Crippen LogP contribution in [0.2, 0.25) is 0 Å². The van der Waals surface area contributed by atoms with Crippen molar-refractivity contribution < 1.29 is 24.0 Å². The number of anilines is 1. The Hall–Kier alpha value is -7.15. The van der Waals surface area contributed by atoms with Gasteiger partial charge in [-0.1, -0.05) is 98.1 Å². The molecule has 4 aromatic carbocycles. The number of hydrogen-bond acceptors (Lipinski definition) is 8. The molecule has 5 amide bonds. The third-order valence-corrected chi connectivity index (χ3v) is 11.9. The van der Waals surface area contributed by atoms with Crippen LogP contribution in [-0.2, 0) is 16.1 Å². The Morgan fingerprint density at radius 2 is 1.48 bits per heavy atom. The smallest absolute Gasteiger partial charge is 0.264 e. The van der Waals surface area contributed by atoms with Crippen molar-refractivity contribution in [3.8, 4) is 22.4 Å². The summed E-state index contributed by atoms with van der Waals surface area (Å²) in [5, 5.41) is 18.7. The minimum Gasteiger partial charge on any atom is -0.383 e. The lowest BCUT2D eigenvalue weighted by molar-refractivity contribution is -0.136. The summed E-state index contributed by atoms with van der Waals surface area (Å²) in [7, 11) is 0. The van der Waals surface area contributed by atoms with Crippen molar-refractivity contribution in [1.29, 1.82) is 5.41 Å². The van der Waals surface area contributed by atoms with Crippen molar-refractivity contribution in [3.63, 3.8) is 0 Å². The molecule has 302 valence electrons. The van der Waals surface area contributed by atoms with Gasteiger partial charge in [0.25, 0.3) is 17.7 Å². The Kier molecular flexibility index (Phi) is 10.4. The van der Waals surface area contributed by atoms with Gasteiger partial charge in [0.15, 0.2) is 0 Å². The number of imide groups is 2. The second kappa shape index (κ2) is 16.2. The molecule has 1 aliphatic carbocycles. The Bertz CT molecular complexity index is 2720. The van der Waals surface area contributed by atoms with Gasteiger partial charge in [-0.25, -0.2) is 4.98 Å². The van der Waals surface area contributed by atoms with Crippen LogP contribution < -0.4 is 21.4 Å². The SMILES string of the molecule is N=c1c2c(-c3ccccc3)c(-c3ccccc3)n(Cc3ccc(C(=O)NCCNc4cccc5c4C(=O)N(C4CCC(=O)NC4=O)C5=O)cc3)c2ncn1C1CCCCC1. The van der Waals surface area contributed by atoms with E-state index in [4.69, 9.17) is 4.98 Å². The number of carbonyl (C=O) groups excluding carboxylic acids is 5. The van der Waals surface area contributed by atoms with Crippen molar-refractivity contribution in [2.45, 2.75) is 63.6 Å². The number of fused-ring (bicyclic) bond motifs is 2. The Morgan fingerprint density at radius 3 is 2.20 bits per heavy atom. The van der Waals surface area contributed by atoms with Gasteiger partial charge in [-0.3, -0.25) is 39.6 Å². The molecule has 2 aromatic heterocycles. The molecule has 60 heavy (non-hydrogen) atoms. The average molecular weight is 801 g/mol. The normalized spacial score (nSPS) is 16.9. The first-order valence-electron chi connectivity index (χ1n) is 20.5. The fraction of sp³-hybridized carbons (Fsp3) is 0.255. The summed E-state index contributed by atoms with van der Waals surface area (Å²) in [5.74, 6) is -2.55. The molecule has 2 aliphatic heterocycles. The van der Waals surface area contributed by atoms with Crippen LogP contribution in [0.1, 0.15) is 87.6 Å². The van der Waals surface area contributed by atoms with Gasteiger partial charge in [0.05, 0.1) is 28.5 Å². The molecular weight excluding hydrogens is 757 g/mol. The van der Waals surface area contributed by atoms with Crippen LogP contribution >= 0.6 is 0 Å². The summed E-state index contributed by atoms with van der Waals surface area (Å²) >= 11 is 0. The lowest BCUT2D eigenvalue weighted by atomic mass is 9.95. The average Bonchev–Trinajstić information content (AvgIpc) is 3.74. The lowest BCUT2D eigenvalue weighted by Crippen LogP contribution is -2.54. The van der Waals surface area contributed by atoms with E-state index < -0.39 is 29.7 Å². The number of aromatic nitrogens is 3. The number of benzene rings is 4. The molecule has 13 nitrogen and oxygen atoms in total. The van der Waals surface area contributed by atoms with E-state index in [0.717, 1.165) is 69.6 Å². The topological polar surface area (TPSA) is 171 Å². The van der Waals surface area contributed by atoms with Crippen LogP contribution in [0.3, 0.4) is 0 Å². The lowest BCUT2D eigenvalue weighted by Gasteiger charge is -2.27. The van der Waals surface area contributed by atoms with E-state index in [9.17, 15) is 29.4 Å². The molecule has 3 aliphatic rings. The first-order valence-corrected chi connectivity index (χ1v) is 20.5. The van der Waals surface area contributed by atoms with E-state index in [1.54, 1.807) is 24.3 Å². The second-order valence-electron chi connectivity index (χ2n) is 15.6. The Balaban J connectivity index is 0.930. The zero-order chi connectivity index (χ0) is 41.3. The predicted molar refractivity (Wildman–Crippen MR) is 226 cm³/mol. The second-order valence-corrected chi connectivity index (χ2v) is 15.6. The van der Waals surface area contributed by atoms with Crippen molar-refractivity contribution in [2.24, 2.45) is 0 Å². The van der Waals surface area contributed by atoms with Crippen LogP contribution in [-0.4, -0.2) is 67.7 Å². The van der Waals surface area contributed by atoms with Gasteiger partial charge in [-0.15, -0.1) is 0 Å². The fourth-order valence-electron chi connectivity index (χ4n) is 8.92. The van der Waals surface area contributed by atoms with E-state index in [0.29, 0.717) is 23.3 Å². The van der Waals surface area contributed by atoms with Gasteiger partial charge in [0.1, 0.15) is 17.2 Å². The molecule has 0 bridgehead atoms. The third kappa shape index (κ3) is 7.05. The molecule has 9 rings (SSSR count). The maximum atomic E-state index is 13.4. The van der Waals surface area contributed by atoms with Gasteiger partial charge in [0.2, 0.25) is 11.8 Å². The van der Waals surface area contributed by atoms with Crippen molar-refractivity contribution in [2.75, 3.05) is 18.4 Å². The van der Waals surface area contributed by atoms with Gasteiger partial charge >= 0.3 is 0 Å². The van der Waals surface area contributed by atoms with E-state index in [1.807, 2.05) is 54.9 Å². The molecule has 0 spiro atoms. The summed E-state index contributed by atoms with van der Waals surface area (Å²) in [5.41, 5.74) is 7.39. The number of nitrogens with one attached hydrogen (secondary N) is 4. The van der Waals surface area contributed by atoms with Gasteiger partial charge in [0, 0.05) is 48.9 Å². The number of carbonyl (C=O) groups is 5. The molecule has 1 saturated carbocycles. The maximum absolute atomic E-state index is 13.4. The first-order chi connectivity index (χ1) is 29.3. The molecule has 13 heteroatoms. The fourth-order valence-corrected chi connectivity index (χ4v) is 8.92. The first kappa shape index (κ1) is 38.4. The van der Waals surface area contributed by atoms with Gasteiger partial charge < -0.3 is 19.8 Å². The van der Waals surface area contributed by atoms with E-state index in [2.05, 4.69) is 49.4 Å². The number of nitrogens with zero attached hydrogens (tertiary/aromatic N) is 4. The summed E-state index contributed by atoms with van der Waals surface area (Å²) in [6.45, 7) is 0.949. The molecule has 1 saturated heterocycles. The summed E-state index contributed by atoms with van der Waals surface area (Å²) in [6.07, 6.45) is 7.56. The number of hydrogen-bond donors (Lipinski definition) is 4. The van der Waals surface area contributed by atoms with Gasteiger partial charge in [-0.2, -0.15) is 0 Å². The zero-order valence-electron chi connectivity index (χ0n) is 32.9.